The highest BCUT2D eigenvalue weighted by Crippen LogP contribution is 2.23. The Morgan fingerprint density at radius 2 is 1.66 bits per heavy atom. The van der Waals surface area contributed by atoms with Gasteiger partial charge < -0.3 is 15.4 Å². The van der Waals surface area contributed by atoms with Gasteiger partial charge in [0.2, 0.25) is 0 Å². The topological polar surface area (TPSA) is 33.3 Å². The van der Waals surface area contributed by atoms with Gasteiger partial charge in [0.15, 0.2) is 5.11 Å². The zero-order valence-corrected chi connectivity index (χ0v) is 18.4. The van der Waals surface area contributed by atoms with E-state index in [1.807, 2.05) is 30.0 Å². The minimum Gasteiger partial charge on any atom is -0.497 e. The molecule has 3 aromatic carbocycles. The number of ether oxygens (including phenoxy) is 1. The summed E-state index contributed by atoms with van der Waals surface area (Å²) in [7, 11) is 1.68. The van der Waals surface area contributed by atoms with Crippen LogP contribution in [0.5, 0.6) is 5.75 Å². The normalized spacial score (nSPS) is 11.5. The summed E-state index contributed by atoms with van der Waals surface area (Å²) in [5, 5.41) is 7.32. The van der Waals surface area contributed by atoms with Crippen molar-refractivity contribution in [2.45, 2.75) is 30.0 Å². The molecule has 150 valence electrons. The number of anilines is 1. The van der Waals surface area contributed by atoms with Crippen LogP contribution in [0.15, 0.2) is 83.8 Å². The fourth-order valence-corrected chi connectivity index (χ4v) is 4.09. The third-order valence-electron chi connectivity index (χ3n) is 4.59. The molecule has 1 atom stereocenters. The molecule has 3 nitrogen and oxygen atoms in total. The second kappa shape index (κ2) is 10.9. The lowest BCUT2D eigenvalue weighted by Gasteiger charge is -2.20. The summed E-state index contributed by atoms with van der Waals surface area (Å²) in [4.78, 5) is 1.28. The number of hydrogen-bond acceptors (Lipinski definition) is 3. The number of thiocarbonyl (C=S) groups is 1. The van der Waals surface area contributed by atoms with E-state index in [1.165, 1.54) is 16.0 Å². The summed E-state index contributed by atoms with van der Waals surface area (Å²) in [5.74, 6) is 1.80. The summed E-state index contributed by atoms with van der Waals surface area (Å²) in [5.41, 5.74) is 3.46. The molecule has 0 aliphatic carbocycles. The monoisotopic (exact) mass is 422 g/mol. The molecule has 5 heteroatoms. The molecule has 3 aromatic rings. The molecular formula is C24H26N2OS2. The standard InChI is InChI=1S/C24H26N2OS2/c1-3-23(19-11-15-21(27-2)16-12-19)26-24(28)25-20-13-9-18(10-14-20)17-29-22-7-5-4-6-8-22/h4-16,23H,3,17H2,1-2H3,(H2,25,26,28)/t23-/m0/s1. The molecule has 0 aliphatic rings. The molecule has 29 heavy (non-hydrogen) atoms. The molecule has 0 fully saturated rings. The van der Waals surface area contributed by atoms with Crippen molar-refractivity contribution >= 4 is 34.8 Å². The van der Waals surface area contributed by atoms with Crippen molar-refractivity contribution in [3.8, 4) is 5.75 Å². The molecule has 0 spiro atoms. The van der Waals surface area contributed by atoms with Crippen LogP contribution in [0, 0.1) is 0 Å². The van der Waals surface area contributed by atoms with E-state index in [0.717, 1.165) is 23.6 Å². The minimum absolute atomic E-state index is 0.155. The molecule has 0 amide bonds. The molecule has 0 saturated carbocycles. The third kappa shape index (κ3) is 6.51. The minimum atomic E-state index is 0.155. The Labute approximate surface area is 182 Å². The summed E-state index contributed by atoms with van der Waals surface area (Å²) in [6, 6.07) is 27.1. The van der Waals surface area contributed by atoms with Gasteiger partial charge in [0.25, 0.3) is 0 Å². The Kier molecular flexibility index (Phi) is 7.96. The van der Waals surface area contributed by atoms with Crippen molar-refractivity contribution in [1.29, 1.82) is 0 Å². The zero-order valence-electron chi connectivity index (χ0n) is 16.7. The molecule has 2 N–H and O–H groups in total. The SMILES string of the molecule is CC[C@H](NC(=S)Nc1ccc(CSc2ccccc2)cc1)c1ccc(OC)cc1. The van der Waals surface area contributed by atoms with E-state index in [1.54, 1.807) is 7.11 Å². The first-order valence-corrected chi connectivity index (χ1v) is 11.1. The van der Waals surface area contributed by atoms with Crippen molar-refractivity contribution in [3.63, 3.8) is 0 Å². The molecule has 0 saturated heterocycles. The van der Waals surface area contributed by atoms with Crippen LogP contribution in [0.1, 0.15) is 30.5 Å². The van der Waals surface area contributed by atoms with Crippen molar-refractivity contribution < 1.29 is 4.74 Å². The maximum Gasteiger partial charge on any atom is 0.171 e. The van der Waals surface area contributed by atoms with Crippen LogP contribution in [0.2, 0.25) is 0 Å². The van der Waals surface area contributed by atoms with Gasteiger partial charge in [-0.3, -0.25) is 0 Å². The lowest BCUT2D eigenvalue weighted by molar-refractivity contribution is 0.414. The fraction of sp³-hybridized carbons (Fsp3) is 0.208. The van der Waals surface area contributed by atoms with Crippen LogP contribution in [-0.2, 0) is 5.75 Å². The summed E-state index contributed by atoms with van der Waals surface area (Å²) in [6.45, 7) is 2.14. The first-order valence-electron chi connectivity index (χ1n) is 9.66. The van der Waals surface area contributed by atoms with E-state index >= 15 is 0 Å². The lowest BCUT2D eigenvalue weighted by atomic mass is 10.0. The Morgan fingerprint density at radius 1 is 0.966 bits per heavy atom. The molecular weight excluding hydrogens is 396 g/mol. The summed E-state index contributed by atoms with van der Waals surface area (Å²) < 4.78 is 5.23. The molecule has 0 aromatic heterocycles. The Hall–Kier alpha value is -2.50. The van der Waals surface area contributed by atoms with E-state index in [2.05, 4.69) is 78.2 Å². The van der Waals surface area contributed by atoms with Gasteiger partial charge in [-0.05, 0) is 66.2 Å². The van der Waals surface area contributed by atoms with Gasteiger partial charge in [-0.25, -0.2) is 0 Å². The van der Waals surface area contributed by atoms with Crippen LogP contribution in [0.3, 0.4) is 0 Å². The van der Waals surface area contributed by atoms with Crippen LogP contribution in [0.25, 0.3) is 0 Å². The van der Waals surface area contributed by atoms with Gasteiger partial charge in [0, 0.05) is 16.3 Å². The van der Waals surface area contributed by atoms with Crippen LogP contribution in [0.4, 0.5) is 5.69 Å². The lowest BCUT2D eigenvalue weighted by Crippen LogP contribution is -2.32. The number of hydrogen-bond donors (Lipinski definition) is 2. The average Bonchev–Trinajstić information content (AvgIpc) is 2.78. The largest absolute Gasteiger partial charge is 0.497 e. The molecule has 0 unspecified atom stereocenters. The number of methoxy groups -OCH3 is 1. The summed E-state index contributed by atoms with van der Waals surface area (Å²) in [6.07, 6.45) is 0.934. The molecule has 0 radical (unpaired) electrons. The van der Waals surface area contributed by atoms with Gasteiger partial charge in [-0.2, -0.15) is 0 Å². The van der Waals surface area contributed by atoms with Gasteiger partial charge >= 0.3 is 0 Å². The highest BCUT2D eigenvalue weighted by molar-refractivity contribution is 7.98. The van der Waals surface area contributed by atoms with E-state index in [-0.39, 0.29) is 6.04 Å². The first-order chi connectivity index (χ1) is 14.2. The molecule has 3 rings (SSSR count). The van der Waals surface area contributed by atoms with Crippen molar-refractivity contribution in [3.05, 3.63) is 90.0 Å². The van der Waals surface area contributed by atoms with Crippen molar-refractivity contribution in [2.75, 3.05) is 12.4 Å². The van der Waals surface area contributed by atoms with Gasteiger partial charge in [-0.1, -0.05) is 49.4 Å². The van der Waals surface area contributed by atoms with Gasteiger partial charge in [0.1, 0.15) is 5.75 Å². The fourth-order valence-electron chi connectivity index (χ4n) is 2.95. The predicted molar refractivity (Wildman–Crippen MR) is 128 cm³/mol. The van der Waals surface area contributed by atoms with E-state index in [9.17, 15) is 0 Å². The third-order valence-corrected chi connectivity index (χ3v) is 5.90. The Morgan fingerprint density at radius 3 is 2.28 bits per heavy atom. The number of nitrogens with one attached hydrogen (secondary N) is 2. The molecule has 0 heterocycles. The Bertz CT molecular complexity index is 896. The molecule has 0 bridgehead atoms. The predicted octanol–water partition coefficient (Wildman–Crippen LogP) is 6.43. The van der Waals surface area contributed by atoms with Gasteiger partial charge in [0.05, 0.1) is 13.2 Å². The maximum atomic E-state index is 5.52. The maximum absolute atomic E-state index is 5.52. The van der Waals surface area contributed by atoms with Crippen molar-refractivity contribution in [1.82, 2.24) is 5.32 Å². The van der Waals surface area contributed by atoms with E-state index < -0.39 is 0 Å². The number of rotatable bonds is 8. The highest BCUT2D eigenvalue weighted by Gasteiger charge is 2.11. The first kappa shape index (κ1) is 21.2. The zero-order chi connectivity index (χ0) is 20.5. The average molecular weight is 423 g/mol. The number of benzene rings is 3. The second-order valence-corrected chi connectivity index (χ2v) is 8.09. The highest BCUT2D eigenvalue weighted by atomic mass is 32.2. The quantitative estimate of drug-likeness (QED) is 0.323. The smallest absolute Gasteiger partial charge is 0.171 e. The van der Waals surface area contributed by atoms with Crippen LogP contribution >= 0.6 is 24.0 Å². The van der Waals surface area contributed by atoms with Crippen LogP contribution < -0.4 is 15.4 Å². The van der Waals surface area contributed by atoms with E-state index in [4.69, 9.17) is 17.0 Å². The van der Waals surface area contributed by atoms with E-state index in [0.29, 0.717) is 5.11 Å². The van der Waals surface area contributed by atoms with Gasteiger partial charge in [-0.15, -0.1) is 11.8 Å². The van der Waals surface area contributed by atoms with Crippen molar-refractivity contribution in [2.24, 2.45) is 0 Å². The molecule has 0 aliphatic heterocycles. The Balaban J connectivity index is 1.52. The summed E-state index contributed by atoms with van der Waals surface area (Å²) >= 11 is 7.36. The number of thioether (sulfide) groups is 1. The van der Waals surface area contributed by atoms with Crippen LogP contribution in [-0.4, -0.2) is 12.2 Å². The second-order valence-electron chi connectivity index (χ2n) is 6.63.